The van der Waals surface area contributed by atoms with Crippen LogP contribution in [0.5, 0.6) is 0 Å². The van der Waals surface area contributed by atoms with Gasteiger partial charge in [-0.3, -0.25) is 0 Å². The summed E-state index contributed by atoms with van der Waals surface area (Å²) in [4.78, 5) is 0. The third kappa shape index (κ3) is 1040. The van der Waals surface area contributed by atoms with Gasteiger partial charge in [-0.05, 0) is 0 Å². The van der Waals surface area contributed by atoms with Gasteiger partial charge in [0.05, 0.1) is 0 Å². The Kier molecular flexibility index (Phi) is 171. The molecule has 0 aromatic heterocycles. The first-order chi connectivity index (χ1) is 1.41. The van der Waals surface area contributed by atoms with Gasteiger partial charge in [0.15, 0.2) is 0 Å². The molecular formula is CH3BF2O. The smallest absolute Gasteiger partial charge is 1.00 e. The van der Waals surface area contributed by atoms with Gasteiger partial charge in [0.1, 0.15) is 0 Å². The molecule has 0 bridgehead atoms. The van der Waals surface area contributed by atoms with Crippen molar-refractivity contribution in [3.63, 3.8) is 0 Å². The predicted molar refractivity (Wildman–Crippen MR) is 12.8 cm³/mol. The summed E-state index contributed by atoms with van der Waals surface area (Å²) in [7, 11) is 5.75. The minimum atomic E-state index is 0. The van der Waals surface area contributed by atoms with E-state index in [2.05, 4.69) is 12.7 Å². The summed E-state index contributed by atoms with van der Waals surface area (Å²) in [6, 6.07) is 0. The van der Waals surface area contributed by atoms with E-state index < -0.39 is 0 Å². The van der Waals surface area contributed by atoms with Crippen LogP contribution in [-0.2, 0) is 4.65 Å². The van der Waals surface area contributed by atoms with Gasteiger partial charge < -0.3 is 9.41 Å². The molecule has 0 fully saturated rings. The molecule has 1 nitrogen and oxygen atoms in total. The molecule has 0 radical (unpaired) electrons. The molecule has 0 aliphatic carbocycles. The first-order valence-electron chi connectivity index (χ1n) is 0.644. The second-order valence-electron chi connectivity index (χ2n) is 0.236. The summed E-state index contributed by atoms with van der Waals surface area (Å²) in [5.41, 5.74) is 0. The van der Waals surface area contributed by atoms with Crippen LogP contribution in [0.1, 0.15) is 0 Å². The van der Waals surface area contributed by atoms with Crippen LogP contribution in [0.3, 0.4) is 0 Å². The molecule has 0 rings (SSSR count). The zero-order chi connectivity index (χ0) is 2.71. The maximum absolute atomic E-state index is 4.35. The first kappa shape index (κ1) is 20.8. The van der Waals surface area contributed by atoms with E-state index in [-0.39, 0.29) is 9.41 Å². The molecule has 0 saturated heterocycles. The molecule has 0 unspecified atom stereocenters. The Morgan fingerprint density at radius 3 is 1.40 bits per heavy atom. The van der Waals surface area contributed by atoms with Gasteiger partial charge in [0.2, 0.25) is 0 Å². The zero-order valence-electron chi connectivity index (χ0n) is 2.74. The van der Waals surface area contributed by atoms with Gasteiger partial charge in [-0.25, -0.2) is 0 Å². The molecule has 0 aliphatic rings. The molecular weight excluding hydrogens is 76.8 g/mol. The molecule has 30 valence electrons. The van der Waals surface area contributed by atoms with Crippen molar-refractivity contribution in [3.8, 4) is 0 Å². The van der Waals surface area contributed by atoms with Crippen molar-refractivity contribution in [2.24, 2.45) is 0 Å². The van der Waals surface area contributed by atoms with Crippen LogP contribution in [0, 0.1) is 0 Å². The van der Waals surface area contributed by atoms with Crippen molar-refractivity contribution in [2.75, 3.05) is 7.11 Å². The van der Waals surface area contributed by atoms with Gasteiger partial charge >= 0.3 is 19.8 Å². The summed E-state index contributed by atoms with van der Waals surface area (Å²) in [5, 5.41) is 0. The fraction of sp³-hybridized carbons (Fsp3) is 1.00. The van der Waals surface area contributed by atoms with Crippen molar-refractivity contribution in [3.05, 3.63) is 0 Å². The van der Waals surface area contributed by atoms with Crippen LogP contribution < -0.4 is 9.41 Å². The van der Waals surface area contributed by atoms with Crippen molar-refractivity contribution in [1.29, 1.82) is 0 Å². The van der Waals surface area contributed by atoms with Gasteiger partial charge in [0.25, 0.3) is 0 Å². The van der Waals surface area contributed by atoms with E-state index in [1.807, 2.05) is 0 Å². The molecule has 0 aromatic rings. The largest absolute Gasteiger partial charge is 1.00 e. The Morgan fingerprint density at radius 1 is 1.40 bits per heavy atom. The van der Waals surface area contributed by atoms with Crippen molar-refractivity contribution in [1.82, 2.24) is 0 Å². The Hall–Kier alpha value is -0.115. The number of halogens is 2. The third-order valence-corrected chi connectivity index (χ3v) is 0. The zero-order valence-corrected chi connectivity index (χ0v) is 2.74. The molecule has 0 saturated carbocycles. The van der Waals surface area contributed by atoms with Crippen molar-refractivity contribution in [2.45, 2.75) is 0 Å². The van der Waals surface area contributed by atoms with E-state index >= 15 is 0 Å². The van der Waals surface area contributed by atoms with E-state index in [4.69, 9.17) is 0 Å². The predicted octanol–water partition coefficient (Wildman–Crippen LogP) is -6.28. The first-order valence-corrected chi connectivity index (χ1v) is 0.644. The number of hydrogen-bond donors (Lipinski definition) is 0. The minimum absolute atomic E-state index is 0. The quantitative estimate of drug-likeness (QED) is 0.263. The normalized spacial score (nSPS) is 3.80. The maximum atomic E-state index is 4.35. The van der Waals surface area contributed by atoms with E-state index in [9.17, 15) is 0 Å². The molecule has 5 heavy (non-hydrogen) atoms. The third-order valence-electron chi connectivity index (χ3n) is 0. The fourth-order valence-corrected chi connectivity index (χ4v) is 0. The monoisotopic (exact) mass is 80.0 g/mol. The molecule has 0 heterocycles. The van der Waals surface area contributed by atoms with E-state index in [0.29, 0.717) is 0 Å². The average Bonchev–Trinajstić information content (AvgIpc) is 0.918. The van der Waals surface area contributed by atoms with Crippen LogP contribution in [0.15, 0.2) is 0 Å². The second-order valence-corrected chi connectivity index (χ2v) is 0.236. The standard InChI is InChI=1S/CH3BO.2FH/c1-3-2;;/h1H3;2*1H/q+2;;/p-2. The van der Waals surface area contributed by atoms with Crippen LogP contribution in [-0.4, -0.2) is 15.2 Å². The maximum Gasteiger partial charge on any atom is -1.00 e. The van der Waals surface area contributed by atoms with E-state index in [0.717, 1.165) is 0 Å². The second kappa shape index (κ2) is 41.3. The average molecular weight is 79.8 g/mol. The summed E-state index contributed by atoms with van der Waals surface area (Å²) in [6.07, 6.45) is 0. The van der Waals surface area contributed by atoms with Gasteiger partial charge in [-0.2, -0.15) is 0 Å². The van der Waals surface area contributed by atoms with E-state index in [1.165, 1.54) is 7.11 Å². The van der Waals surface area contributed by atoms with Crippen LogP contribution in [0.2, 0.25) is 0 Å². The Labute approximate surface area is 30.5 Å². The summed E-state index contributed by atoms with van der Waals surface area (Å²) < 4.78 is 3.75. The van der Waals surface area contributed by atoms with Gasteiger partial charge in [-0.15, -0.1) is 0 Å². The Bertz CT molecular complexity index is 9.61. The molecule has 0 atom stereocenters. The summed E-state index contributed by atoms with van der Waals surface area (Å²) in [6.45, 7) is 0. The van der Waals surface area contributed by atoms with Crippen molar-refractivity contribution >= 4 is 8.05 Å². The number of hydrogen-bond acceptors (Lipinski definition) is 1. The van der Waals surface area contributed by atoms with Crippen LogP contribution >= 0.6 is 0 Å². The fourth-order valence-electron chi connectivity index (χ4n) is 0. The molecule has 0 amide bonds. The topological polar surface area (TPSA) is 9.23 Å². The number of rotatable bonds is 0. The molecule has 0 N–H and O–H groups in total. The van der Waals surface area contributed by atoms with Gasteiger partial charge in [0, 0.05) is 0 Å². The molecule has 4 heteroatoms. The Balaban J connectivity index is -0.0000000200. The molecule has 0 aromatic carbocycles. The Morgan fingerprint density at radius 2 is 1.40 bits per heavy atom. The van der Waals surface area contributed by atoms with Crippen molar-refractivity contribution < 1.29 is 14.1 Å². The SMILES string of the molecule is [B+2]OC.[F-].[F-]. The van der Waals surface area contributed by atoms with Crippen LogP contribution in [0.25, 0.3) is 0 Å². The van der Waals surface area contributed by atoms with Gasteiger partial charge in [-0.1, -0.05) is 0 Å². The van der Waals surface area contributed by atoms with E-state index in [1.54, 1.807) is 0 Å². The summed E-state index contributed by atoms with van der Waals surface area (Å²) >= 11 is 0. The van der Waals surface area contributed by atoms with Crippen LogP contribution in [0.4, 0.5) is 0 Å². The minimum Gasteiger partial charge on any atom is -1.00 e. The molecule has 0 aliphatic heterocycles. The molecule has 0 spiro atoms. The summed E-state index contributed by atoms with van der Waals surface area (Å²) in [5.74, 6) is 0.